The molecule has 1 aliphatic heterocycles. The standard InChI is InChI=1S/C16H18ClN7OS/c1-23-7-6-11(8-23)9-24-16(19-21-22-24)26-10-14-18-15(20-25-14)12-2-4-13(17)5-3-12/h2-5,11H,6-10H2,1H3/t11-/m0/s1. The van der Waals surface area contributed by atoms with E-state index in [-0.39, 0.29) is 0 Å². The van der Waals surface area contributed by atoms with Crippen molar-refractivity contribution in [1.82, 2.24) is 35.2 Å². The summed E-state index contributed by atoms with van der Waals surface area (Å²) >= 11 is 7.40. The van der Waals surface area contributed by atoms with Crippen LogP contribution in [0.1, 0.15) is 12.3 Å². The van der Waals surface area contributed by atoms with Gasteiger partial charge in [0.15, 0.2) is 0 Å². The minimum atomic E-state index is 0.519. The summed E-state index contributed by atoms with van der Waals surface area (Å²) in [6.45, 7) is 3.04. The van der Waals surface area contributed by atoms with E-state index in [9.17, 15) is 0 Å². The number of rotatable bonds is 6. The summed E-state index contributed by atoms with van der Waals surface area (Å²) in [4.78, 5) is 6.76. The van der Waals surface area contributed by atoms with Gasteiger partial charge in [0.1, 0.15) is 0 Å². The summed E-state index contributed by atoms with van der Waals surface area (Å²) in [5.41, 5.74) is 0.865. The van der Waals surface area contributed by atoms with E-state index in [4.69, 9.17) is 16.1 Å². The van der Waals surface area contributed by atoms with Crippen molar-refractivity contribution in [2.45, 2.75) is 23.9 Å². The van der Waals surface area contributed by atoms with Gasteiger partial charge in [-0.05, 0) is 60.6 Å². The number of hydrogen-bond acceptors (Lipinski definition) is 8. The van der Waals surface area contributed by atoms with Crippen molar-refractivity contribution in [1.29, 1.82) is 0 Å². The lowest BCUT2D eigenvalue weighted by Gasteiger charge is -2.10. The zero-order valence-corrected chi connectivity index (χ0v) is 15.8. The van der Waals surface area contributed by atoms with Crippen molar-refractivity contribution >= 4 is 23.4 Å². The van der Waals surface area contributed by atoms with Gasteiger partial charge in [-0.2, -0.15) is 4.98 Å². The molecule has 10 heteroatoms. The highest BCUT2D eigenvalue weighted by molar-refractivity contribution is 7.98. The molecular formula is C16H18ClN7OS. The molecule has 0 radical (unpaired) electrons. The maximum atomic E-state index is 5.90. The second kappa shape index (κ2) is 7.73. The molecule has 4 rings (SSSR count). The van der Waals surface area contributed by atoms with Crippen LogP contribution >= 0.6 is 23.4 Å². The predicted molar refractivity (Wildman–Crippen MR) is 97.7 cm³/mol. The fraction of sp³-hybridized carbons (Fsp3) is 0.438. The van der Waals surface area contributed by atoms with Crippen LogP contribution in [0, 0.1) is 5.92 Å². The fourth-order valence-corrected chi connectivity index (χ4v) is 3.84. The highest BCUT2D eigenvalue weighted by atomic mass is 35.5. The third-order valence-electron chi connectivity index (χ3n) is 4.31. The van der Waals surface area contributed by atoms with E-state index in [1.54, 1.807) is 12.1 Å². The molecule has 8 nitrogen and oxygen atoms in total. The Labute approximate surface area is 159 Å². The lowest BCUT2D eigenvalue weighted by Crippen LogP contribution is -2.18. The van der Waals surface area contributed by atoms with Gasteiger partial charge in [-0.3, -0.25) is 0 Å². The van der Waals surface area contributed by atoms with Gasteiger partial charge in [0.25, 0.3) is 0 Å². The number of nitrogens with zero attached hydrogens (tertiary/aromatic N) is 7. The normalized spacial score (nSPS) is 17.8. The average Bonchev–Trinajstić information content (AvgIpc) is 3.36. The molecule has 0 aliphatic carbocycles. The van der Waals surface area contributed by atoms with Crippen LogP contribution in [0.5, 0.6) is 0 Å². The molecule has 1 fully saturated rings. The molecule has 0 unspecified atom stereocenters. The van der Waals surface area contributed by atoms with E-state index < -0.39 is 0 Å². The number of aromatic nitrogens is 6. The number of likely N-dealkylation sites (tertiary alicyclic amines) is 1. The Bertz CT molecular complexity index is 866. The molecule has 1 atom stereocenters. The average molecular weight is 392 g/mol. The third kappa shape index (κ3) is 4.05. The van der Waals surface area contributed by atoms with E-state index >= 15 is 0 Å². The number of benzene rings is 1. The minimum Gasteiger partial charge on any atom is -0.338 e. The topological polar surface area (TPSA) is 85.8 Å². The quantitative estimate of drug-likeness (QED) is 0.593. The Morgan fingerprint density at radius 1 is 1.31 bits per heavy atom. The monoisotopic (exact) mass is 391 g/mol. The first-order valence-electron chi connectivity index (χ1n) is 8.33. The second-order valence-corrected chi connectivity index (χ2v) is 7.75. The van der Waals surface area contributed by atoms with Crippen LogP contribution < -0.4 is 0 Å². The third-order valence-corrected chi connectivity index (χ3v) is 5.51. The van der Waals surface area contributed by atoms with E-state index in [1.165, 1.54) is 18.2 Å². The van der Waals surface area contributed by atoms with E-state index in [2.05, 4.69) is 37.6 Å². The molecule has 136 valence electrons. The lowest BCUT2D eigenvalue weighted by atomic mass is 10.1. The molecule has 1 saturated heterocycles. The van der Waals surface area contributed by atoms with E-state index in [0.29, 0.717) is 28.4 Å². The Morgan fingerprint density at radius 3 is 2.92 bits per heavy atom. The van der Waals surface area contributed by atoms with Crippen LogP contribution in [-0.4, -0.2) is 55.4 Å². The molecule has 0 N–H and O–H groups in total. The van der Waals surface area contributed by atoms with Crippen LogP contribution in [0.4, 0.5) is 0 Å². The predicted octanol–water partition coefficient (Wildman–Crippen LogP) is 2.62. The maximum absolute atomic E-state index is 5.90. The summed E-state index contributed by atoms with van der Waals surface area (Å²) in [7, 11) is 2.14. The Balaban J connectivity index is 1.38. The molecule has 26 heavy (non-hydrogen) atoms. The molecule has 2 aromatic heterocycles. The molecular weight excluding hydrogens is 374 g/mol. The van der Waals surface area contributed by atoms with Crippen molar-refractivity contribution in [3.05, 3.63) is 35.2 Å². The molecule has 0 amide bonds. The smallest absolute Gasteiger partial charge is 0.237 e. The van der Waals surface area contributed by atoms with E-state index in [1.807, 2.05) is 16.8 Å². The summed E-state index contributed by atoms with van der Waals surface area (Å²) in [5, 5.41) is 17.5. The number of hydrogen-bond donors (Lipinski definition) is 0. The molecule has 3 aromatic rings. The van der Waals surface area contributed by atoms with Gasteiger partial charge in [0.2, 0.25) is 16.9 Å². The Kier molecular flexibility index (Phi) is 5.18. The zero-order valence-electron chi connectivity index (χ0n) is 14.2. The summed E-state index contributed by atoms with van der Waals surface area (Å²) in [6, 6.07) is 7.33. The van der Waals surface area contributed by atoms with Gasteiger partial charge >= 0.3 is 0 Å². The van der Waals surface area contributed by atoms with Gasteiger partial charge in [-0.25, -0.2) is 4.68 Å². The highest BCUT2D eigenvalue weighted by Crippen LogP contribution is 2.24. The van der Waals surface area contributed by atoms with Crippen LogP contribution in [0.15, 0.2) is 33.9 Å². The van der Waals surface area contributed by atoms with Crippen molar-refractivity contribution in [3.63, 3.8) is 0 Å². The van der Waals surface area contributed by atoms with Crippen molar-refractivity contribution in [2.24, 2.45) is 5.92 Å². The summed E-state index contributed by atoms with van der Waals surface area (Å²) in [6.07, 6.45) is 1.18. The Hall–Kier alpha value is -1.97. The van der Waals surface area contributed by atoms with Crippen LogP contribution in [0.2, 0.25) is 5.02 Å². The van der Waals surface area contributed by atoms with Crippen LogP contribution in [-0.2, 0) is 12.3 Å². The molecule has 3 heterocycles. The first-order valence-corrected chi connectivity index (χ1v) is 9.70. The lowest BCUT2D eigenvalue weighted by molar-refractivity contribution is 0.359. The van der Waals surface area contributed by atoms with Crippen molar-refractivity contribution in [3.8, 4) is 11.4 Å². The first kappa shape index (κ1) is 17.4. The van der Waals surface area contributed by atoms with Crippen molar-refractivity contribution < 1.29 is 4.52 Å². The molecule has 0 bridgehead atoms. The largest absolute Gasteiger partial charge is 0.338 e. The van der Waals surface area contributed by atoms with Gasteiger partial charge in [-0.1, -0.05) is 28.5 Å². The Morgan fingerprint density at radius 2 is 2.15 bits per heavy atom. The first-order chi connectivity index (χ1) is 12.7. The number of tetrazole rings is 1. The van der Waals surface area contributed by atoms with Gasteiger partial charge in [0, 0.05) is 23.7 Å². The zero-order chi connectivity index (χ0) is 17.9. The fourth-order valence-electron chi connectivity index (χ4n) is 2.99. The van der Waals surface area contributed by atoms with Gasteiger partial charge in [0.05, 0.1) is 5.75 Å². The summed E-state index contributed by atoms with van der Waals surface area (Å²) < 4.78 is 7.20. The van der Waals surface area contributed by atoms with Gasteiger partial charge in [-0.15, -0.1) is 5.10 Å². The van der Waals surface area contributed by atoms with Crippen LogP contribution in [0.3, 0.4) is 0 Å². The number of halogens is 1. The van der Waals surface area contributed by atoms with Crippen LogP contribution in [0.25, 0.3) is 11.4 Å². The molecule has 0 saturated carbocycles. The summed E-state index contributed by atoms with van der Waals surface area (Å²) in [5.74, 6) is 2.19. The van der Waals surface area contributed by atoms with Crippen molar-refractivity contribution in [2.75, 3.05) is 20.1 Å². The number of thioether (sulfide) groups is 1. The molecule has 1 aromatic carbocycles. The highest BCUT2D eigenvalue weighted by Gasteiger charge is 2.22. The van der Waals surface area contributed by atoms with E-state index in [0.717, 1.165) is 30.4 Å². The minimum absolute atomic E-state index is 0.519. The van der Waals surface area contributed by atoms with Gasteiger partial charge < -0.3 is 9.42 Å². The maximum Gasteiger partial charge on any atom is 0.237 e. The molecule has 1 aliphatic rings. The second-order valence-electron chi connectivity index (χ2n) is 6.37. The molecule has 0 spiro atoms. The SMILES string of the molecule is CN1CC[C@H](Cn2nnnc2SCc2nc(-c3ccc(Cl)cc3)no2)C1.